The van der Waals surface area contributed by atoms with Gasteiger partial charge in [0, 0.05) is 22.4 Å². The number of thioether (sulfide) groups is 1. The standard InChI is InChI=1S/C18H28ClN3OS/c1-3-5-6-7-10-14(21-22-18(20)23)13-17(24-4-2)15-11-8-9-12-16(15)19/h8-9,11-12,17H,3-7,10,13H2,1-2H3,(H3,20,22,23)/b21-14-/t17-/m0/s1. The zero-order chi connectivity index (χ0) is 17.8. The minimum absolute atomic E-state index is 0.225. The number of benzene rings is 1. The van der Waals surface area contributed by atoms with Gasteiger partial charge in [0.15, 0.2) is 0 Å². The second-order valence-electron chi connectivity index (χ2n) is 5.63. The first-order valence-electron chi connectivity index (χ1n) is 8.55. The molecule has 0 heterocycles. The molecule has 0 bridgehead atoms. The number of hydrogen-bond donors (Lipinski definition) is 2. The molecule has 1 atom stereocenters. The Morgan fingerprint density at radius 3 is 2.67 bits per heavy atom. The molecule has 0 aliphatic rings. The lowest BCUT2D eigenvalue weighted by atomic mass is 10.0. The fourth-order valence-electron chi connectivity index (χ4n) is 2.50. The molecule has 0 aliphatic carbocycles. The van der Waals surface area contributed by atoms with E-state index in [1.54, 1.807) is 0 Å². The van der Waals surface area contributed by atoms with E-state index in [1.165, 1.54) is 19.3 Å². The Labute approximate surface area is 154 Å². The highest BCUT2D eigenvalue weighted by Gasteiger charge is 2.17. The highest BCUT2D eigenvalue weighted by molar-refractivity contribution is 7.99. The van der Waals surface area contributed by atoms with Crippen LogP contribution in [0.15, 0.2) is 29.4 Å². The Hall–Kier alpha value is -1.20. The third kappa shape index (κ3) is 8.06. The van der Waals surface area contributed by atoms with Gasteiger partial charge in [-0.05, 0) is 30.2 Å². The number of carbonyl (C=O) groups is 1. The van der Waals surface area contributed by atoms with Crippen LogP contribution in [0.1, 0.15) is 63.2 Å². The van der Waals surface area contributed by atoms with Crippen molar-refractivity contribution in [3.8, 4) is 0 Å². The van der Waals surface area contributed by atoms with E-state index in [4.69, 9.17) is 17.3 Å². The van der Waals surface area contributed by atoms with E-state index < -0.39 is 6.03 Å². The van der Waals surface area contributed by atoms with Crippen LogP contribution in [-0.2, 0) is 0 Å². The Bertz CT molecular complexity index is 537. The summed E-state index contributed by atoms with van der Waals surface area (Å²) in [6, 6.07) is 7.29. The lowest BCUT2D eigenvalue weighted by Crippen LogP contribution is -2.26. The minimum Gasteiger partial charge on any atom is -0.350 e. The van der Waals surface area contributed by atoms with E-state index in [2.05, 4.69) is 30.4 Å². The molecule has 0 radical (unpaired) electrons. The summed E-state index contributed by atoms with van der Waals surface area (Å²) >= 11 is 8.21. The predicted octanol–water partition coefficient (Wildman–Crippen LogP) is 5.52. The number of halogens is 1. The van der Waals surface area contributed by atoms with Crippen molar-refractivity contribution >= 4 is 35.1 Å². The smallest absolute Gasteiger partial charge is 0.332 e. The van der Waals surface area contributed by atoms with E-state index in [9.17, 15) is 4.79 Å². The van der Waals surface area contributed by atoms with Gasteiger partial charge in [0.25, 0.3) is 0 Å². The average Bonchev–Trinajstić information content (AvgIpc) is 2.56. The number of primary amides is 1. The van der Waals surface area contributed by atoms with Crippen LogP contribution >= 0.6 is 23.4 Å². The van der Waals surface area contributed by atoms with Crippen molar-refractivity contribution in [3.63, 3.8) is 0 Å². The molecule has 0 aromatic heterocycles. The molecule has 2 amide bonds. The quantitative estimate of drug-likeness (QED) is 0.306. The van der Waals surface area contributed by atoms with Gasteiger partial charge >= 0.3 is 6.03 Å². The maximum absolute atomic E-state index is 11.0. The summed E-state index contributed by atoms with van der Waals surface area (Å²) in [5.41, 5.74) is 9.63. The molecule has 1 rings (SSSR count). The Morgan fingerprint density at radius 2 is 2.04 bits per heavy atom. The Morgan fingerprint density at radius 1 is 1.29 bits per heavy atom. The van der Waals surface area contributed by atoms with Gasteiger partial charge in [-0.15, -0.1) is 0 Å². The lowest BCUT2D eigenvalue weighted by Gasteiger charge is -2.19. The first-order chi connectivity index (χ1) is 11.6. The number of unbranched alkanes of at least 4 members (excludes halogenated alkanes) is 3. The van der Waals surface area contributed by atoms with Crippen LogP contribution in [-0.4, -0.2) is 17.5 Å². The molecule has 3 N–H and O–H groups in total. The predicted molar refractivity (Wildman–Crippen MR) is 106 cm³/mol. The first kappa shape index (κ1) is 20.8. The maximum Gasteiger partial charge on any atom is 0.332 e. The van der Waals surface area contributed by atoms with Crippen molar-refractivity contribution in [1.29, 1.82) is 0 Å². The fraction of sp³-hybridized carbons (Fsp3) is 0.556. The largest absolute Gasteiger partial charge is 0.350 e. The van der Waals surface area contributed by atoms with E-state index in [1.807, 2.05) is 30.0 Å². The third-order valence-corrected chi connectivity index (χ3v) is 5.18. The Kier molecular flexibility index (Phi) is 10.6. The van der Waals surface area contributed by atoms with Crippen molar-refractivity contribution in [3.05, 3.63) is 34.9 Å². The van der Waals surface area contributed by atoms with Crippen LogP contribution in [0.2, 0.25) is 5.02 Å². The highest BCUT2D eigenvalue weighted by atomic mass is 35.5. The summed E-state index contributed by atoms with van der Waals surface area (Å²) in [6.07, 6.45) is 6.27. The number of nitrogens with one attached hydrogen (secondary N) is 1. The van der Waals surface area contributed by atoms with E-state index >= 15 is 0 Å². The van der Waals surface area contributed by atoms with Gasteiger partial charge in [0.2, 0.25) is 0 Å². The number of amides is 2. The highest BCUT2D eigenvalue weighted by Crippen LogP contribution is 2.36. The minimum atomic E-state index is -0.626. The summed E-state index contributed by atoms with van der Waals surface area (Å²) in [5, 5.41) is 5.23. The molecule has 0 unspecified atom stereocenters. The molecule has 134 valence electrons. The zero-order valence-electron chi connectivity index (χ0n) is 14.6. The molecule has 4 nitrogen and oxygen atoms in total. The molecular formula is C18H28ClN3OS. The van der Waals surface area contributed by atoms with Gasteiger partial charge in [-0.2, -0.15) is 16.9 Å². The number of nitrogens with zero attached hydrogens (tertiary/aromatic N) is 1. The van der Waals surface area contributed by atoms with Crippen molar-refractivity contribution in [2.75, 3.05) is 5.75 Å². The SMILES string of the molecule is CCCCCC/C(C[C@H](SCC)c1ccccc1Cl)=N/NC(N)=O. The molecule has 0 spiro atoms. The molecule has 0 aliphatic heterocycles. The van der Waals surface area contributed by atoms with E-state index in [0.717, 1.165) is 41.3 Å². The van der Waals surface area contributed by atoms with Gasteiger partial charge in [0.1, 0.15) is 0 Å². The number of hydrogen-bond acceptors (Lipinski definition) is 3. The Balaban J connectivity index is 2.83. The third-order valence-electron chi connectivity index (χ3n) is 3.68. The average molecular weight is 370 g/mol. The van der Waals surface area contributed by atoms with Crippen molar-refractivity contribution in [1.82, 2.24) is 5.43 Å². The molecule has 0 saturated heterocycles. The maximum atomic E-state index is 11.0. The van der Waals surface area contributed by atoms with Crippen LogP contribution in [0.3, 0.4) is 0 Å². The number of urea groups is 1. The molecule has 1 aromatic carbocycles. The van der Waals surface area contributed by atoms with Crippen LogP contribution < -0.4 is 11.2 Å². The lowest BCUT2D eigenvalue weighted by molar-refractivity contribution is 0.249. The normalized spacial score (nSPS) is 12.9. The van der Waals surface area contributed by atoms with Crippen LogP contribution in [0, 0.1) is 0 Å². The summed E-state index contributed by atoms with van der Waals surface area (Å²) in [5.74, 6) is 0.988. The second kappa shape index (κ2) is 12.2. The van der Waals surface area contributed by atoms with Gasteiger partial charge in [-0.25, -0.2) is 10.2 Å². The van der Waals surface area contributed by atoms with Crippen LogP contribution in [0.25, 0.3) is 0 Å². The van der Waals surface area contributed by atoms with Gasteiger partial charge in [-0.3, -0.25) is 0 Å². The summed E-state index contributed by atoms with van der Waals surface area (Å²) in [6.45, 7) is 4.32. The van der Waals surface area contributed by atoms with Crippen molar-refractivity contribution < 1.29 is 4.79 Å². The molecule has 1 aromatic rings. The van der Waals surface area contributed by atoms with Crippen LogP contribution in [0.5, 0.6) is 0 Å². The molecule has 24 heavy (non-hydrogen) atoms. The second-order valence-corrected chi connectivity index (χ2v) is 7.52. The van der Waals surface area contributed by atoms with Crippen LogP contribution in [0.4, 0.5) is 4.79 Å². The molecule has 6 heteroatoms. The number of hydrazone groups is 1. The van der Waals surface area contributed by atoms with Crippen molar-refractivity contribution in [2.24, 2.45) is 10.8 Å². The van der Waals surface area contributed by atoms with Gasteiger partial charge in [0.05, 0.1) is 0 Å². The first-order valence-corrected chi connectivity index (χ1v) is 9.98. The molecular weight excluding hydrogens is 342 g/mol. The van der Waals surface area contributed by atoms with E-state index in [-0.39, 0.29) is 5.25 Å². The van der Waals surface area contributed by atoms with Gasteiger partial charge in [-0.1, -0.05) is 62.9 Å². The van der Waals surface area contributed by atoms with Crippen molar-refractivity contribution in [2.45, 2.75) is 57.6 Å². The van der Waals surface area contributed by atoms with Gasteiger partial charge < -0.3 is 5.73 Å². The summed E-state index contributed by atoms with van der Waals surface area (Å²) < 4.78 is 0. The zero-order valence-corrected chi connectivity index (χ0v) is 16.1. The molecule has 0 saturated carbocycles. The topological polar surface area (TPSA) is 67.5 Å². The monoisotopic (exact) mass is 369 g/mol. The molecule has 0 fully saturated rings. The van der Waals surface area contributed by atoms with E-state index in [0.29, 0.717) is 0 Å². The number of rotatable bonds is 11. The summed E-state index contributed by atoms with van der Waals surface area (Å²) in [7, 11) is 0. The number of nitrogens with two attached hydrogens (primary N) is 1. The summed E-state index contributed by atoms with van der Waals surface area (Å²) in [4.78, 5) is 11.0. The fourth-order valence-corrected chi connectivity index (χ4v) is 3.93. The number of carbonyl (C=O) groups excluding carboxylic acids is 1.